The van der Waals surface area contributed by atoms with Crippen LogP contribution in [-0.4, -0.2) is 22.3 Å². The van der Waals surface area contributed by atoms with Gasteiger partial charge in [0, 0.05) is 6.54 Å². The number of hydrogen-bond acceptors (Lipinski definition) is 4. The zero-order valence-electron chi connectivity index (χ0n) is 13.3. The number of nitrogens with zero attached hydrogens (tertiary/aromatic N) is 2. The molecule has 3 rings (SSSR count). The summed E-state index contributed by atoms with van der Waals surface area (Å²) < 4.78 is 5.23. The van der Waals surface area contributed by atoms with Crippen LogP contribution in [0.5, 0.6) is 0 Å². The van der Waals surface area contributed by atoms with Gasteiger partial charge < -0.3 is 14.3 Å². The smallest absolute Gasteiger partial charge is 0.261 e. The van der Waals surface area contributed by atoms with E-state index in [9.17, 15) is 9.59 Å². The van der Waals surface area contributed by atoms with E-state index in [0.717, 1.165) is 5.56 Å². The molecular formula is C19H15N3O3. The van der Waals surface area contributed by atoms with Crippen LogP contribution in [-0.2, 0) is 6.54 Å². The lowest BCUT2D eigenvalue weighted by molar-refractivity contribution is 0.0763. The molecule has 124 valence electrons. The Balaban J connectivity index is 1.87. The van der Waals surface area contributed by atoms with Gasteiger partial charge in [0.1, 0.15) is 17.9 Å². The van der Waals surface area contributed by atoms with Crippen LogP contribution in [0.4, 0.5) is 0 Å². The second-order valence-electron chi connectivity index (χ2n) is 5.40. The van der Waals surface area contributed by atoms with Gasteiger partial charge in [-0.15, -0.1) is 0 Å². The van der Waals surface area contributed by atoms with Crippen LogP contribution in [0.2, 0.25) is 0 Å². The van der Waals surface area contributed by atoms with E-state index in [1.807, 2.05) is 36.4 Å². The predicted octanol–water partition coefficient (Wildman–Crippen LogP) is 2.80. The van der Waals surface area contributed by atoms with E-state index in [1.54, 1.807) is 18.2 Å². The van der Waals surface area contributed by atoms with E-state index in [0.29, 0.717) is 11.5 Å². The van der Waals surface area contributed by atoms with Gasteiger partial charge in [0.25, 0.3) is 11.5 Å². The highest BCUT2D eigenvalue weighted by Gasteiger charge is 2.19. The molecule has 0 atom stereocenters. The van der Waals surface area contributed by atoms with Crippen LogP contribution < -0.4 is 5.56 Å². The molecule has 1 amide bonds. The Morgan fingerprint density at radius 1 is 1.12 bits per heavy atom. The first-order valence-electron chi connectivity index (χ1n) is 7.66. The Labute approximate surface area is 143 Å². The van der Waals surface area contributed by atoms with E-state index < -0.39 is 11.5 Å². The molecule has 0 bridgehead atoms. The molecule has 0 radical (unpaired) electrons. The van der Waals surface area contributed by atoms with Crippen molar-refractivity contribution in [3.05, 3.63) is 82.3 Å². The quantitative estimate of drug-likeness (QED) is 0.727. The second-order valence-corrected chi connectivity index (χ2v) is 5.40. The Morgan fingerprint density at radius 2 is 1.92 bits per heavy atom. The summed E-state index contributed by atoms with van der Waals surface area (Å²) in [4.78, 5) is 29.0. The number of carbonyl (C=O) groups excluding carboxylic acids is 1. The first kappa shape index (κ1) is 16.3. The van der Waals surface area contributed by atoms with Gasteiger partial charge in [-0.05, 0) is 29.8 Å². The second kappa shape index (κ2) is 7.32. The van der Waals surface area contributed by atoms with Crippen molar-refractivity contribution < 1.29 is 9.21 Å². The molecule has 6 heteroatoms. The molecule has 0 fully saturated rings. The highest BCUT2D eigenvalue weighted by molar-refractivity contribution is 5.94. The van der Waals surface area contributed by atoms with E-state index >= 15 is 0 Å². The third kappa shape index (κ3) is 3.67. The van der Waals surface area contributed by atoms with Crippen molar-refractivity contribution >= 4 is 5.91 Å². The number of pyridine rings is 1. The van der Waals surface area contributed by atoms with Crippen LogP contribution in [0, 0.1) is 11.3 Å². The van der Waals surface area contributed by atoms with E-state index in [4.69, 9.17) is 9.68 Å². The molecule has 6 nitrogen and oxygen atoms in total. The lowest BCUT2D eigenvalue weighted by atomic mass is 10.1. The molecule has 0 unspecified atom stereocenters. The molecule has 0 aliphatic heterocycles. The van der Waals surface area contributed by atoms with Crippen LogP contribution in [0.1, 0.15) is 15.9 Å². The summed E-state index contributed by atoms with van der Waals surface area (Å²) in [6, 6.07) is 17.8. The van der Waals surface area contributed by atoms with Gasteiger partial charge in [0.05, 0.1) is 18.0 Å². The van der Waals surface area contributed by atoms with Crippen LogP contribution >= 0.6 is 0 Å². The van der Waals surface area contributed by atoms with Gasteiger partial charge in [-0.1, -0.05) is 30.3 Å². The minimum absolute atomic E-state index is 0.0125. The zero-order valence-corrected chi connectivity index (χ0v) is 13.3. The maximum Gasteiger partial charge on any atom is 0.261 e. The Morgan fingerprint density at radius 3 is 2.56 bits per heavy atom. The fourth-order valence-electron chi connectivity index (χ4n) is 2.48. The predicted molar refractivity (Wildman–Crippen MR) is 91.6 cm³/mol. The molecule has 3 aromatic rings. The van der Waals surface area contributed by atoms with Crippen molar-refractivity contribution in [1.29, 1.82) is 5.26 Å². The van der Waals surface area contributed by atoms with Crippen molar-refractivity contribution in [3.63, 3.8) is 0 Å². The van der Waals surface area contributed by atoms with Gasteiger partial charge in [-0.2, -0.15) is 5.26 Å². The molecule has 2 aromatic heterocycles. The van der Waals surface area contributed by atoms with Crippen molar-refractivity contribution in [2.75, 3.05) is 6.54 Å². The number of carbonyl (C=O) groups is 1. The van der Waals surface area contributed by atoms with Crippen molar-refractivity contribution in [3.8, 4) is 17.5 Å². The summed E-state index contributed by atoms with van der Waals surface area (Å²) in [5, 5.41) is 9.01. The largest absolute Gasteiger partial charge is 0.463 e. The van der Waals surface area contributed by atoms with E-state index in [2.05, 4.69) is 4.98 Å². The lowest BCUT2D eigenvalue weighted by Crippen LogP contribution is -2.34. The van der Waals surface area contributed by atoms with Crippen LogP contribution in [0.25, 0.3) is 11.5 Å². The van der Waals surface area contributed by atoms with Gasteiger partial charge in [-0.25, -0.2) is 0 Å². The van der Waals surface area contributed by atoms with Gasteiger partial charge >= 0.3 is 0 Å². The summed E-state index contributed by atoms with van der Waals surface area (Å²) >= 11 is 0. The first-order chi connectivity index (χ1) is 12.2. The Bertz CT molecular complexity index is 954. The normalized spacial score (nSPS) is 10.2. The summed E-state index contributed by atoms with van der Waals surface area (Å²) in [6.45, 7) is 0.152. The molecule has 25 heavy (non-hydrogen) atoms. The van der Waals surface area contributed by atoms with Crippen LogP contribution in [0.3, 0.4) is 0 Å². The van der Waals surface area contributed by atoms with Gasteiger partial charge in [0.2, 0.25) is 0 Å². The third-order valence-electron chi connectivity index (χ3n) is 3.69. The fourth-order valence-corrected chi connectivity index (χ4v) is 2.48. The highest BCUT2D eigenvalue weighted by atomic mass is 16.3. The number of nitriles is 1. The number of benzene rings is 1. The number of H-pyrrole nitrogens is 1. The first-order valence-corrected chi connectivity index (χ1v) is 7.66. The summed E-state index contributed by atoms with van der Waals surface area (Å²) in [5.41, 5.74) is 0.840. The molecule has 2 heterocycles. The molecule has 1 N–H and O–H groups in total. The molecule has 0 aliphatic rings. The molecule has 0 aliphatic carbocycles. The number of aromatic amines is 1. The van der Waals surface area contributed by atoms with Crippen molar-refractivity contribution in [1.82, 2.24) is 9.88 Å². The average Bonchev–Trinajstić information content (AvgIpc) is 3.16. The van der Waals surface area contributed by atoms with Crippen LogP contribution in [0.15, 0.2) is 70.1 Å². The number of furan rings is 1. The number of rotatable bonds is 5. The van der Waals surface area contributed by atoms with E-state index in [-0.39, 0.29) is 18.7 Å². The molecule has 1 aromatic carbocycles. The fraction of sp³-hybridized carbons (Fsp3) is 0.105. The average molecular weight is 333 g/mol. The summed E-state index contributed by atoms with van der Waals surface area (Å²) in [6.07, 6.45) is 1.50. The number of hydrogen-bond donors (Lipinski definition) is 1. The molecule has 0 saturated carbocycles. The molecule has 0 spiro atoms. The van der Waals surface area contributed by atoms with Crippen molar-refractivity contribution in [2.24, 2.45) is 0 Å². The molecular weight excluding hydrogens is 318 g/mol. The Hall–Kier alpha value is -3.59. The monoisotopic (exact) mass is 333 g/mol. The number of aromatic nitrogens is 1. The summed E-state index contributed by atoms with van der Waals surface area (Å²) in [5.74, 6) is 0.0203. The zero-order chi connectivity index (χ0) is 17.6. The maximum absolute atomic E-state index is 12.7. The van der Waals surface area contributed by atoms with Crippen molar-refractivity contribution in [2.45, 2.75) is 6.54 Å². The minimum atomic E-state index is -0.519. The summed E-state index contributed by atoms with van der Waals surface area (Å²) in [7, 11) is 0. The molecule has 0 saturated heterocycles. The van der Waals surface area contributed by atoms with Gasteiger partial charge in [0.15, 0.2) is 0 Å². The Kier molecular flexibility index (Phi) is 4.77. The van der Waals surface area contributed by atoms with E-state index in [1.165, 1.54) is 17.2 Å². The lowest BCUT2D eigenvalue weighted by Gasteiger charge is -2.19. The number of nitrogens with one attached hydrogen (secondary N) is 1. The highest BCUT2D eigenvalue weighted by Crippen LogP contribution is 2.16. The topological polar surface area (TPSA) is 90.1 Å². The number of amides is 1. The third-order valence-corrected chi connectivity index (χ3v) is 3.69. The minimum Gasteiger partial charge on any atom is -0.463 e. The maximum atomic E-state index is 12.7. The SMILES string of the molecule is N#CCN(Cc1ccccc1)C(=O)c1ccc(-c2ccco2)[nH]c1=O. The van der Waals surface area contributed by atoms with Gasteiger partial charge in [-0.3, -0.25) is 9.59 Å². The standard InChI is InChI=1S/C19H15N3O3/c20-10-11-22(13-14-5-2-1-3-6-14)19(24)15-8-9-16(21-18(15)23)17-7-4-12-25-17/h1-9,12H,11,13H2,(H,21,23).